The third-order valence-electron chi connectivity index (χ3n) is 5.53. The number of amides is 1. The highest BCUT2D eigenvalue weighted by molar-refractivity contribution is 6.76. The number of benzene rings is 2. The van der Waals surface area contributed by atoms with Gasteiger partial charge in [0, 0.05) is 44.4 Å². The van der Waals surface area contributed by atoms with Crippen molar-refractivity contribution in [2.75, 3.05) is 12.3 Å². The third kappa shape index (κ3) is 4.19. The van der Waals surface area contributed by atoms with Crippen molar-refractivity contribution in [3.05, 3.63) is 47.7 Å². The normalized spacial score (nSPS) is 13.8. The lowest BCUT2D eigenvalue weighted by Gasteiger charge is -2.15. The number of nitrogens with zero attached hydrogens (tertiary/aromatic N) is 3. The van der Waals surface area contributed by atoms with Crippen molar-refractivity contribution in [1.82, 2.24) is 14.7 Å². The molecule has 1 aliphatic heterocycles. The van der Waals surface area contributed by atoms with E-state index in [1.807, 2.05) is 41.2 Å². The molecule has 1 aromatic heterocycles. The number of ether oxygens (including phenoxy) is 1. The van der Waals surface area contributed by atoms with Crippen LogP contribution in [0.5, 0.6) is 0 Å². The second-order valence-electron chi connectivity index (χ2n) is 9.11. The number of anilines is 1. The van der Waals surface area contributed by atoms with Crippen LogP contribution in [0.4, 0.5) is 10.5 Å². The lowest BCUT2D eigenvalue weighted by atomic mass is 9.98. The molecule has 0 atom stereocenters. The molecule has 7 nitrogen and oxygen atoms in total. The highest BCUT2D eigenvalue weighted by Crippen LogP contribution is 2.34. The van der Waals surface area contributed by atoms with Crippen molar-refractivity contribution in [2.45, 2.75) is 45.5 Å². The summed E-state index contributed by atoms with van der Waals surface area (Å²) in [5, 5.41) is 14.7. The lowest BCUT2D eigenvalue weighted by Crippen LogP contribution is -2.22. The fraction of sp³-hybridized carbons (Fsp3) is 0.364. The van der Waals surface area contributed by atoms with Gasteiger partial charge in [-0.05, 0) is 40.9 Å². The molecular weight excluding hydrogens is 396 g/mol. The zero-order valence-corrected chi connectivity index (χ0v) is 18.7. The molecule has 0 unspecified atom stereocenters. The molecule has 1 amide bonds. The smallest absolute Gasteiger partial charge is 0.407 e. The Morgan fingerprint density at radius 3 is 2.70 bits per heavy atom. The van der Waals surface area contributed by atoms with Crippen molar-refractivity contribution in [3.8, 4) is 11.1 Å². The summed E-state index contributed by atoms with van der Waals surface area (Å²) in [6.07, 6.45) is 0.938. The van der Waals surface area contributed by atoms with Gasteiger partial charge in [-0.15, -0.1) is 0 Å². The maximum Gasteiger partial charge on any atom is 0.407 e. The standard InChI is InChI=1S/C22H28N4O3Si/c1-30(2,3)7-6-29-14-26-21-10-20(23)19(9-17(21)11-24-26)15-4-5-16-12-25(22(27)28)13-18(16)8-15/h4-5,8-11H,6-7,12-14,23H2,1-3H3,(H,27,28). The minimum absolute atomic E-state index is 0.410. The minimum atomic E-state index is -1.12. The van der Waals surface area contributed by atoms with Gasteiger partial charge in [-0.1, -0.05) is 31.8 Å². The van der Waals surface area contributed by atoms with E-state index in [1.54, 1.807) is 0 Å². The molecule has 2 heterocycles. The number of carbonyl (C=O) groups is 1. The summed E-state index contributed by atoms with van der Waals surface area (Å²) in [5.41, 5.74) is 12.0. The van der Waals surface area contributed by atoms with Crippen molar-refractivity contribution in [1.29, 1.82) is 0 Å². The number of hydrogen-bond acceptors (Lipinski definition) is 4. The van der Waals surface area contributed by atoms with Crippen molar-refractivity contribution in [2.24, 2.45) is 0 Å². The maximum atomic E-state index is 11.3. The molecular formula is C22H28N4O3Si. The molecule has 2 aromatic carbocycles. The fourth-order valence-corrected chi connectivity index (χ4v) is 4.48. The maximum absolute atomic E-state index is 11.3. The molecule has 0 fully saturated rings. The van der Waals surface area contributed by atoms with E-state index in [2.05, 4.69) is 24.7 Å². The molecule has 3 N–H and O–H groups in total. The molecule has 0 radical (unpaired) electrons. The van der Waals surface area contributed by atoms with E-state index in [0.29, 0.717) is 25.5 Å². The van der Waals surface area contributed by atoms with Crippen LogP contribution in [0, 0.1) is 0 Å². The summed E-state index contributed by atoms with van der Waals surface area (Å²) in [7, 11) is -1.12. The average Bonchev–Trinajstić information content (AvgIpc) is 3.27. The molecule has 30 heavy (non-hydrogen) atoms. The molecule has 1 aliphatic rings. The van der Waals surface area contributed by atoms with Gasteiger partial charge in [0.05, 0.1) is 11.7 Å². The highest BCUT2D eigenvalue weighted by Gasteiger charge is 2.23. The number of fused-ring (bicyclic) bond motifs is 2. The van der Waals surface area contributed by atoms with E-state index in [4.69, 9.17) is 10.5 Å². The Hall–Kier alpha value is -2.84. The van der Waals surface area contributed by atoms with Crippen LogP contribution in [0.1, 0.15) is 11.1 Å². The van der Waals surface area contributed by atoms with Gasteiger partial charge in [-0.3, -0.25) is 4.90 Å². The fourth-order valence-electron chi connectivity index (χ4n) is 3.72. The molecule has 8 heteroatoms. The molecule has 3 aromatic rings. The third-order valence-corrected chi connectivity index (χ3v) is 7.24. The van der Waals surface area contributed by atoms with E-state index in [0.717, 1.165) is 45.8 Å². The van der Waals surface area contributed by atoms with E-state index >= 15 is 0 Å². The predicted octanol–water partition coefficient (Wildman–Crippen LogP) is 4.59. The Kier molecular flexibility index (Phi) is 5.29. The van der Waals surface area contributed by atoms with Crippen molar-refractivity contribution >= 4 is 30.8 Å². The van der Waals surface area contributed by atoms with Gasteiger partial charge in [0.25, 0.3) is 0 Å². The Morgan fingerprint density at radius 2 is 1.97 bits per heavy atom. The van der Waals surface area contributed by atoms with Crippen molar-refractivity contribution < 1.29 is 14.6 Å². The van der Waals surface area contributed by atoms with Gasteiger partial charge in [0.2, 0.25) is 0 Å². The second-order valence-corrected chi connectivity index (χ2v) is 14.7. The van der Waals surface area contributed by atoms with E-state index in [-0.39, 0.29) is 0 Å². The average molecular weight is 425 g/mol. The second kappa shape index (κ2) is 7.77. The van der Waals surface area contributed by atoms with Crippen molar-refractivity contribution in [3.63, 3.8) is 0 Å². The number of hydrogen-bond donors (Lipinski definition) is 2. The number of nitrogens with two attached hydrogens (primary N) is 1. The van der Waals surface area contributed by atoms with Gasteiger partial charge in [0.1, 0.15) is 6.73 Å². The topological polar surface area (TPSA) is 93.6 Å². The molecule has 158 valence electrons. The Bertz CT molecular complexity index is 1100. The Morgan fingerprint density at radius 1 is 1.20 bits per heavy atom. The number of carboxylic acid groups (broad SMARTS) is 1. The molecule has 4 rings (SSSR count). The largest absolute Gasteiger partial charge is 0.465 e. The molecule has 0 saturated carbocycles. The quantitative estimate of drug-likeness (QED) is 0.343. The van der Waals surface area contributed by atoms with Gasteiger partial charge in [-0.25, -0.2) is 9.48 Å². The van der Waals surface area contributed by atoms with Crippen LogP contribution in [0.3, 0.4) is 0 Å². The molecule has 0 spiro atoms. The van der Waals surface area contributed by atoms with Gasteiger partial charge in [0.15, 0.2) is 0 Å². The van der Waals surface area contributed by atoms with E-state index < -0.39 is 14.2 Å². The van der Waals surface area contributed by atoms with E-state index in [9.17, 15) is 9.90 Å². The Balaban J connectivity index is 1.55. The monoisotopic (exact) mass is 424 g/mol. The van der Waals surface area contributed by atoms with Crippen LogP contribution in [0.25, 0.3) is 22.0 Å². The highest BCUT2D eigenvalue weighted by atomic mass is 28.3. The van der Waals surface area contributed by atoms with Crippen LogP contribution in [0.2, 0.25) is 25.7 Å². The van der Waals surface area contributed by atoms with Gasteiger partial charge >= 0.3 is 6.09 Å². The van der Waals surface area contributed by atoms with Crippen LogP contribution < -0.4 is 5.73 Å². The van der Waals surface area contributed by atoms with Crippen LogP contribution >= 0.6 is 0 Å². The van der Waals surface area contributed by atoms with Gasteiger partial charge in [-0.2, -0.15) is 5.10 Å². The number of aromatic nitrogens is 2. The zero-order valence-electron chi connectivity index (χ0n) is 17.7. The minimum Gasteiger partial charge on any atom is -0.465 e. The number of rotatable bonds is 6. The van der Waals surface area contributed by atoms with Gasteiger partial charge < -0.3 is 15.6 Å². The summed E-state index contributed by atoms with van der Waals surface area (Å²) in [4.78, 5) is 12.7. The van der Waals surface area contributed by atoms with Crippen LogP contribution in [0.15, 0.2) is 36.5 Å². The first kappa shape index (κ1) is 20.4. The first-order valence-corrected chi connectivity index (χ1v) is 13.8. The summed E-state index contributed by atoms with van der Waals surface area (Å²) in [6.45, 7) is 9.00. The zero-order chi connectivity index (χ0) is 21.5. The Labute approximate surface area is 177 Å². The van der Waals surface area contributed by atoms with E-state index in [1.165, 1.54) is 4.90 Å². The SMILES string of the molecule is C[Si](C)(C)CCOCn1ncc2cc(-c3ccc4c(c3)CN(C(=O)O)C4)c(N)cc21. The van der Waals surface area contributed by atoms with Crippen LogP contribution in [-0.4, -0.2) is 40.6 Å². The molecule has 0 aliphatic carbocycles. The molecule has 0 bridgehead atoms. The first-order chi connectivity index (χ1) is 14.2. The summed E-state index contributed by atoms with van der Waals surface area (Å²) >= 11 is 0. The lowest BCUT2D eigenvalue weighted by molar-refractivity contribution is 0.0817. The van der Waals surface area contributed by atoms with Crippen LogP contribution in [-0.2, 0) is 24.6 Å². The summed E-state index contributed by atoms with van der Waals surface area (Å²) < 4.78 is 7.68. The predicted molar refractivity (Wildman–Crippen MR) is 121 cm³/mol. The molecule has 0 saturated heterocycles. The summed E-state index contributed by atoms with van der Waals surface area (Å²) in [6, 6.07) is 11.1. The first-order valence-electron chi connectivity index (χ1n) is 10.1. The number of nitrogen functional groups attached to an aromatic ring is 1. The summed E-state index contributed by atoms with van der Waals surface area (Å²) in [5.74, 6) is 0.